The van der Waals surface area contributed by atoms with E-state index in [0.29, 0.717) is 25.7 Å². The molecule has 2 rings (SSSR count). The molecule has 0 unspecified atom stereocenters. The lowest BCUT2D eigenvalue weighted by Gasteiger charge is -2.33. The van der Waals surface area contributed by atoms with Crippen LogP contribution < -0.4 is 4.90 Å². The van der Waals surface area contributed by atoms with Crippen LogP contribution in [0, 0.1) is 0 Å². The monoisotopic (exact) mass is 317 g/mol. The zero-order chi connectivity index (χ0) is 15.6. The number of benzene rings is 1. The number of halogens is 2. The summed E-state index contributed by atoms with van der Waals surface area (Å²) in [6, 6.07) is 5.74. The third-order valence-electron chi connectivity index (χ3n) is 3.85. The number of anilines is 1. The Balaban J connectivity index is 2.34. The number of Topliss-reactive ketones (excluding diaryl/α,β-unsaturated/α-hetero) is 1. The predicted octanol–water partition coefficient (Wildman–Crippen LogP) is 2.63. The molecule has 1 aliphatic carbocycles. The van der Waals surface area contributed by atoms with Crippen LogP contribution in [-0.2, 0) is 14.6 Å². The minimum absolute atomic E-state index is 0.0169. The van der Waals surface area contributed by atoms with Gasteiger partial charge in [-0.2, -0.15) is 8.78 Å². The Kier molecular flexibility index (Phi) is 4.61. The maximum absolute atomic E-state index is 12.8. The molecule has 0 bridgehead atoms. The van der Waals surface area contributed by atoms with Crippen LogP contribution >= 0.6 is 0 Å². The van der Waals surface area contributed by atoms with E-state index in [9.17, 15) is 22.0 Å². The number of nitrogens with zero attached hydrogens (tertiary/aromatic N) is 1. The van der Waals surface area contributed by atoms with Crippen LogP contribution in [0.5, 0.6) is 0 Å². The van der Waals surface area contributed by atoms with Gasteiger partial charge in [-0.15, -0.1) is 0 Å². The molecule has 0 heterocycles. The fourth-order valence-electron chi connectivity index (χ4n) is 2.59. The Labute approximate surface area is 122 Å². The number of hydrogen-bond donors (Lipinski definition) is 0. The van der Waals surface area contributed by atoms with Gasteiger partial charge in [-0.1, -0.05) is 12.1 Å². The molecular weight excluding hydrogens is 300 g/mol. The smallest absolute Gasteiger partial charge is 0.341 e. The third-order valence-corrected chi connectivity index (χ3v) is 5.27. The summed E-state index contributed by atoms with van der Waals surface area (Å²) in [4.78, 5) is 12.6. The largest absolute Gasteiger partial charge is 0.371 e. The fourth-order valence-corrected chi connectivity index (χ4v) is 3.56. The van der Waals surface area contributed by atoms with Gasteiger partial charge in [0.05, 0.1) is 10.6 Å². The molecule has 0 atom stereocenters. The van der Waals surface area contributed by atoms with Gasteiger partial charge < -0.3 is 4.90 Å². The molecule has 0 saturated heterocycles. The molecule has 0 aliphatic heterocycles. The van der Waals surface area contributed by atoms with Gasteiger partial charge in [0.25, 0.3) is 0 Å². The normalized spacial score (nSPS) is 17.2. The summed E-state index contributed by atoms with van der Waals surface area (Å²) in [6.07, 6.45) is 2.11. The number of carbonyl (C=O) groups excluding carboxylic acids is 1. The molecule has 1 fully saturated rings. The first-order valence-corrected chi connectivity index (χ1v) is 8.24. The predicted molar refractivity (Wildman–Crippen MR) is 75.3 cm³/mol. The van der Waals surface area contributed by atoms with Crippen LogP contribution in [0.15, 0.2) is 29.2 Å². The van der Waals surface area contributed by atoms with Crippen molar-refractivity contribution in [2.24, 2.45) is 0 Å². The van der Waals surface area contributed by atoms with Crippen molar-refractivity contribution in [1.82, 2.24) is 0 Å². The van der Waals surface area contributed by atoms with E-state index in [-0.39, 0.29) is 22.4 Å². The Bertz CT molecular complexity index is 621. The first-order valence-electron chi connectivity index (χ1n) is 6.69. The second-order valence-corrected chi connectivity index (χ2v) is 7.04. The summed E-state index contributed by atoms with van der Waals surface area (Å²) < 4.78 is 49.1. The maximum Gasteiger partial charge on any atom is 0.341 e. The molecule has 7 heteroatoms. The summed E-state index contributed by atoms with van der Waals surface area (Å²) in [6.45, 7) is 0. The molecule has 0 aromatic heterocycles. The zero-order valence-corrected chi connectivity index (χ0v) is 12.4. The topological polar surface area (TPSA) is 54.5 Å². The Morgan fingerprint density at radius 2 is 1.76 bits per heavy atom. The molecule has 0 N–H and O–H groups in total. The number of rotatable bonds is 4. The standard InChI is InChI=1S/C14H17F2NO3S/c1-17(10-6-8-11(18)9-7-10)12-4-2-3-5-13(12)21(19,20)14(15)16/h2-5,10,14H,6-9H2,1H3. The molecule has 4 nitrogen and oxygen atoms in total. The van der Waals surface area contributed by atoms with Crippen molar-refractivity contribution in [3.05, 3.63) is 24.3 Å². The molecule has 0 radical (unpaired) electrons. The molecule has 1 aliphatic rings. The zero-order valence-electron chi connectivity index (χ0n) is 11.6. The average molecular weight is 317 g/mol. The highest BCUT2D eigenvalue weighted by Crippen LogP contribution is 2.32. The molecular formula is C14H17F2NO3S. The van der Waals surface area contributed by atoms with Gasteiger partial charge in [-0.25, -0.2) is 8.42 Å². The number of alkyl halides is 2. The van der Waals surface area contributed by atoms with Gasteiger partial charge in [0, 0.05) is 25.9 Å². The van der Waals surface area contributed by atoms with Gasteiger partial charge >= 0.3 is 5.76 Å². The Morgan fingerprint density at radius 1 is 1.19 bits per heavy atom. The van der Waals surface area contributed by atoms with Crippen LogP contribution in [-0.4, -0.2) is 33.0 Å². The first-order chi connectivity index (χ1) is 9.84. The number of hydrogen-bond acceptors (Lipinski definition) is 4. The van der Waals surface area contributed by atoms with Crippen LogP contribution in [0.4, 0.5) is 14.5 Å². The van der Waals surface area contributed by atoms with Gasteiger partial charge in [-0.05, 0) is 25.0 Å². The lowest BCUT2D eigenvalue weighted by Crippen LogP contribution is -2.36. The van der Waals surface area contributed by atoms with Crippen molar-refractivity contribution in [3.63, 3.8) is 0 Å². The van der Waals surface area contributed by atoms with E-state index in [4.69, 9.17) is 0 Å². The highest BCUT2D eigenvalue weighted by molar-refractivity contribution is 7.91. The number of sulfone groups is 1. The summed E-state index contributed by atoms with van der Waals surface area (Å²) in [5.41, 5.74) is 0.261. The van der Waals surface area contributed by atoms with Gasteiger partial charge in [0.2, 0.25) is 9.84 Å². The minimum Gasteiger partial charge on any atom is -0.371 e. The van der Waals surface area contributed by atoms with E-state index in [2.05, 4.69) is 0 Å². The summed E-state index contributed by atoms with van der Waals surface area (Å²) in [5, 5.41) is 0. The molecule has 0 spiro atoms. The molecule has 1 aromatic carbocycles. The van der Waals surface area contributed by atoms with E-state index >= 15 is 0 Å². The van der Waals surface area contributed by atoms with E-state index in [1.165, 1.54) is 18.2 Å². The lowest BCUT2D eigenvalue weighted by atomic mass is 9.93. The Morgan fingerprint density at radius 3 is 2.33 bits per heavy atom. The average Bonchev–Trinajstić information content (AvgIpc) is 2.47. The van der Waals surface area contributed by atoms with Crippen molar-refractivity contribution in [2.45, 2.75) is 42.4 Å². The van der Waals surface area contributed by atoms with E-state index in [0.717, 1.165) is 0 Å². The Hall–Kier alpha value is -1.50. The highest BCUT2D eigenvalue weighted by Gasteiger charge is 2.32. The molecule has 1 saturated carbocycles. The minimum atomic E-state index is -4.64. The van der Waals surface area contributed by atoms with Crippen molar-refractivity contribution < 1.29 is 22.0 Å². The van der Waals surface area contributed by atoms with Crippen molar-refractivity contribution in [3.8, 4) is 0 Å². The van der Waals surface area contributed by atoms with E-state index < -0.39 is 15.6 Å². The molecule has 1 aromatic rings. The lowest BCUT2D eigenvalue weighted by molar-refractivity contribution is -0.120. The summed E-state index contributed by atoms with van der Waals surface area (Å²) in [7, 11) is -2.96. The van der Waals surface area contributed by atoms with Crippen LogP contribution in [0.1, 0.15) is 25.7 Å². The number of para-hydroxylation sites is 1. The molecule has 116 valence electrons. The second-order valence-electron chi connectivity index (χ2n) is 5.15. The van der Waals surface area contributed by atoms with Crippen LogP contribution in [0.2, 0.25) is 0 Å². The quantitative estimate of drug-likeness (QED) is 0.856. The van der Waals surface area contributed by atoms with Crippen molar-refractivity contribution in [1.29, 1.82) is 0 Å². The third kappa shape index (κ3) is 3.23. The maximum atomic E-state index is 12.8. The summed E-state index contributed by atoms with van der Waals surface area (Å²) >= 11 is 0. The fraction of sp³-hybridized carbons (Fsp3) is 0.500. The second kappa shape index (κ2) is 6.09. The van der Waals surface area contributed by atoms with Gasteiger partial charge in [0.1, 0.15) is 5.78 Å². The van der Waals surface area contributed by atoms with Crippen molar-refractivity contribution in [2.75, 3.05) is 11.9 Å². The number of ketones is 1. The van der Waals surface area contributed by atoms with Crippen LogP contribution in [0.25, 0.3) is 0 Å². The van der Waals surface area contributed by atoms with Gasteiger partial charge in [-0.3, -0.25) is 4.79 Å². The van der Waals surface area contributed by atoms with E-state index in [1.54, 1.807) is 18.0 Å². The summed E-state index contributed by atoms with van der Waals surface area (Å²) in [5.74, 6) is -3.26. The molecule has 21 heavy (non-hydrogen) atoms. The van der Waals surface area contributed by atoms with E-state index in [1.807, 2.05) is 0 Å². The van der Waals surface area contributed by atoms with Gasteiger partial charge in [0.15, 0.2) is 0 Å². The SMILES string of the molecule is CN(c1ccccc1S(=O)(=O)C(F)F)C1CCC(=O)CC1. The molecule has 0 amide bonds. The van der Waals surface area contributed by atoms with Crippen molar-refractivity contribution >= 4 is 21.3 Å². The van der Waals surface area contributed by atoms with Crippen LogP contribution in [0.3, 0.4) is 0 Å². The first kappa shape index (κ1) is 15.9. The number of carbonyl (C=O) groups is 1. The highest BCUT2D eigenvalue weighted by atomic mass is 32.2.